The van der Waals surface area contributed by atoms with Crippen molar-refractivity contribution in [2.75, 3.05) is 31.1 Å². The summed E-state index contributed by atoms with van der Waals surface area (Å²) in [5, 5.41) is 3.56. The van der Waals surface area contributed by atoms with Crippen LogP contribution in [0.3, 0.4) is 0 Å². The molecule has 10 heteroatoms. The van der Waals surface area contributed by atoms with Crippen molar-refractivity contribution >= 4 is 17.6 Å². The standard InChI is InChI=1S/C29H30F3N3O4/c1-2-21-16-24(27(37)39-28(38)29(30,31)32)26(36)34-25(21)22-8-10-23(11-9-22)35-15-13-20(18-35)17-33-14-12-19-6-4-3-5-7-19/h3-11,16,20,33H,2,12-15,17-18H2,1H3,(H,34,36). The van der Waals surface area contributed by atoms with Crippen LogP contribution in [0.1, 0.15) is 34.8 Å². The molecule has 4 rings (SSSR count). The summed E-state index contributed by atoms with van der Waals surface area (Å²) in [5.74, 6) is -3.77. The summed E-state index contributed by atoms with van der Waals surface area (Å²) in [6, 6.07) is 19.2. The number of alkyl halides is 3. The van der Waals surface area contributed by atoms with Crippen LogP contribution in [-0.2, 0) is 22.4 Å². The summed E-state index contributed by atoms with van der Waals surface area (Å²) in [5.41, 5.74) is 2.44. The monoisotopic (exact) mass is 541 g/mol. The van der Waals surface area contributed by atoms with Gasteiger partial charge in [-0.3, -0.25) is 4.79 Å². The quantitative estimate of drug-likeness (QED) is 0.235. The van der Waals surface area contributed by atoms with Gasteiger partial charge < -0.3 is 19.9 Å². The van der Waals surface area contributed by atoms with Crippen molar-refractivity contribution in [2.24, 2.45) is 5.92 Å². The Morgan fingerprint density at radius 3 is 2.49 bits per heavy atom. The molecule has 1 atom stereocenters. The van der Waals surface area contributed by atoms with Crippen LogP contribution in [0.2, 0.25) is 0 Å². The molecule has 2 heterocycles. The smallest absolute Gasteiger partial charge is 0.382 e. The molecule has 0 saturated carbocycles. The van der Waals surface area contributed by atoms with E-state index in [1.807, 2.05) is 42.5 Å². The van der Waals surface area contributed by atoms with E-state index in [0.717, 1.165) is 44.7 Å². The van der Waals surface area contributed by atoms with Gasteiger partial charge in [-0.05, 0) is 73.2 Å². The second-order valence-electron chi connectivity index (χ2n) is 9.53. The molecule has 206 valence electrons. The number of nitrogens with one attached hydrogen (secondary N) is 2. The third kappa shape index (κ3) is 7.14. The van der Waals surface area contributed by atoms with Gasteiger partial charge in [-0.25, -0.2) is 9.59 Å². The van der Waals surface area contributed by atoms with E-state index >= 15 is 0 Å². The number of rotatable bonds is 9. The fraction of sp³-hybridized carbons (Fsp3) is 0.345. The highest BCUT2D eigenvalue weighted by molar-refractivity contribution is 5.98. The number of aromatic nitrogens is 1. The van der Waals surface area contributed by atoms with E-state index in [-0.39, 0.29) is 0 Å². The van der Waals surface area contributed by atoms with Gasteiger partial charge in [0.25, 0.3) is 5.56 Å². The Labute approximate surface area is 224 Å². The fourth-order valence-corrected chi connectivity index (χ4v) is 4.71. The number of halogens is 3. The molecule has 1 aliphatic rings. The van der Waals surface area contributed by atoms with Gasteiger partial charge in [0.15, 0.2) is 0 Å². The molecule has 3 aromatic rings. The van der Waals surface area contributed by atoms with Crippen LogP contribution in [0.25, 0.3) is 11.3 Å². The first-order chi connectivity index (χ1) is 18.7. The average molecular weight is 542 g/mol. The van der Waals surface area contributed by atoms with Crippen molar-refractivity contribution in [3.05, 3.63) is 87.7 Å². The van der Waals surface area contributed by atoms with Crippen LogP contribution in [0, 0.1) is 5.92 Å². The number of aromatic amines is 1. The predicted molar refractivity (Wildman–Crippen MR) is 142 cm³/mol. The van der Waals surface area contributed by atoms with E-state index in [0.29, 0.717) is 29.2 Å². The highest BCUT2D eigenvalue weighted by Crippen LogP contribution is 2.28. The first kappa shape index (κ1) is 28.1. The van der Waals surface area contributed by atoms with Crippen molar-refractivity contribution in [3.8, 4) is 11.3 Å². The van der Waals surface area contributed by atoms with Crippen LogP contribution >= 0.6 is 0 Å². The number of pyridine rings is 1. The number of hydrogen-bond donors (Lipinski definition) is 2. The minimum Gasteiger partial charge on any atom is -0.382 e. The first-order valence-corrected chi connectivity index (χ1v) is 12.8. The zero-order valence-electron chi connectivity index (χ0n) is 21.5. The van der Waals surface area contributed by atoms with Crippen molar-refractivity contribution in [1.82, 2.24) is 10.3 Å². The molecule has 1 aliphatic heterocycles. The Balaban J connectivity index is 1.37. The summed E-state index contributed by atoms with van der Waals surface area (Å²) < 4.78 is 41.1. The van der Waals surface area contributed by atoms with Gasteiger partial charge in [0, 0.05) is 18.8 Å². The number of aryl methyl sites for hydroxylation is 1. The molecule has 1 aromatic heterocycles. The lowest BCUT2D eigenvalue weighted by Gasteiger charge is -2.20. The van der Waals surface area contributed by atoms with Crippen LogP contribution in [0.5, 0.6) is 0 Å². The Morgan fingerprint density at radius 2 is 1.82 bits per heavy atom. The van der Waals surface area contributed by atoms with Gasteiger partial charge in [-0.15, -0.1) is 0 Å². The molecule has 2 aromatic carbocycles. The molecule has 7 nitrogen and oxygen atoms in total. The Morgan fingerprint density at radius 1 is 1.10 bits per heavy atom. The molecular formula is C29H30F3N3O4. The van der Waals surface area contributed by atoms with Gasteiger partial charge in [0.1, 0.15) is 5.56 Å². The van der Waals surface area contributed by atoms with Crippen molar-refractivity contribution in [3.63, 3.8) is 0 Å². The maximum absolute atomic E-state index is 12.5. The van der Waals surface area contributed by atoms with Crippen LogP contribution in [0.4, 0.5) is 18.9 Å². The SMILES string of the molecule is CCc1cc(C(=O)OC(=O)C(F)(F)F)c(=O)[nH]c1-c1ccc(N2CCC(CNCCc3ccccc3)C2)cc1. The second-order valence-corrected chi connectivity index (χ2v) is 9.53. The van der Waals surface area contributed by atoms with E-state index in [2.05, 4.69) is 32.1 Å². The summed E-state index contributed by atoms with van der Waals surface area (Å²) in [4.78, 5) is 40.4. The molecular weight excluding hydrogens is 511 g/mol. The van der Waals surface area contributed by atoms with Gasteiger partial charge >= 0.3 is 18.1 Å². The van der Waals surface area contributed by atoms with E-state index in [1.54, 1.807) is 6.92 Å². The summed E-state index contributed by atoms with van der Waals surface area (Å²) in [6.45, 7) is 5.53. The largest absolute Gasteiger partial charge is 0.491 e. The van der Waals surface area contributed by atoms with Gasteiger partial charge in [0.2, 0.25) is 0 Å². The van der Waals surface area contributed by atoms with E-state index in [4.69, 9.17) is 0 Å². The van der Waals surface area contributed by atoms with Crippen molar-refractivity contribution < 1.29 is 27.5 Å². The third-order valence-corrected chi connectivity index (χ3v) is 6.81. The zero-order valence-corrected chi connectivity index (χ0v) is 21.5. The van der Waals surface area contributed by atoms with Crippen molar-refractivity contribution in [2.45, 2.75) is 32.4 Å². The predicted octanol–water partition coefficient (Wildman–Crippen LogP) is 4.51. The number of hydrogen-bond acceptors (Lipinski definition) is 6. The number of H-pyrrole nitrogens is 1. The number of anilines is 1. The number of ether oxygens (including phenoxy) is 1. The topological polar surface area (TPSA) is 91.5 Å². The lowest BCUT2D eigenvalue weighted by molar-refractivity contribution is -0.193. The van der Waals surface area contributed by atoms with Gasteiger partial charge in [0.05, 0.1) is 5.69 Å². The lowest BCUT2D eigenvalue weighted by Crippen LogP contribution is -2.30. The maximum atomic E-state index is 12.5. The molecule has 1 saturated heterocycles. The molecule has 0 amide bonds. The van der Waals surface area contributed by atoms with Crippen LogP contribution < -0.4 is 15.8 Å². The number of esters is 2. The molecule has 0 spiro atoms. The first-order valence-electron chi connectivity index (χ1n) is 12.8. The Kier molecular flexibility index (Phi) is 8.86. The van der Waals surface area contributed by atoms with E-state index < -0.39 is 29.2 Å². The summed E-state index contributed by atoms with van der Waals surface area (Å²) in [7, 11) is 0. The minimum atomic E-state index is -5.34. The van der Waals surface area contributed by atoms with Crippen molar-refractivity contribution in [1.29, 1.82) is 0 Å². The molecule has 0 bridgehead atoms. The number of carbonyl (C=O) groups is 2. The van der Waals surface area contributed by atoms with Gasteiger partial charge in [-0.2, -0.15) is 13.2 Å². The fourth-order valence-electron chi connectivity index (χ4n) is 4.71. The van der Waals surface area contributed by atoms with Crippen LogP contribution in [-0.4, -0.2) is 49.3 Å². The summed E-state index contributed by atoms with van der Waals surface area (Å²) >= 11 is 0. The normalized spacial score (nSPS) is 15.4. The molecule has 0 radical (unpaired) electrons. The minimum absolute atomic E-state index is 0.381. The third-order valence-electron chi connectivity index (χ3n) is 6.81. The van der Waals surface area contributed by atoms with E-state index in [1.165, 1.54) is 11.6 Å². The number of nitrogens with zero attached hydrogens (tertiary/aromatic N) is 1. The highest BCUT2D eigenvalue weighted by Gasteiger charge is 2.43. The molecule has 1 fully saturated rings. The molecule has 0 aliphatic carbocycles. The Hall–Kier alpha value is -3.92. The zero-order chi connectivity index (χ0) is 28.0. The average Bonchev–Trinajstić information content (AvgIpc) is 3.40. The Bertz CT molecular complexity index is 1350. The lowest BCUT2D eigenvalue weighted by atomic mass is 10.0. The summed E-state index contributed by atoms with van der Waals surface area (Å²) in [6.07, 6.45) is -2.88. The van der Waals surface area contributed by atoms with Gasteiger partial charge in [-0.1, -0.05) is 49.4 Å². The molecule has 2 N–H and O–H groups in total. The molecule has 39 heavy (non-hydrogen) atoms. The number of benzene rings is 2. The number of carbonyl (C=O) groups excluding carboxylic acids is 2. The highest BCUT2D eigenvalue weighted by atomic mass is 19.4. The molecule has 1 unspecified atom stereocenters. The van der Waals surface area contributed by atoms with E-state index in [9.17, 15) is 27.6 Å². The maximum Gasteiger partial charge on any atom is 0.491 e. The second kappa shape index (κ2) is 12.3. The van der Waals surface area contributed by atoms with Crippen LogP contribution in [0.15, 0.2) is 65.5 Å².